The first-order valence-electron chi connectivity index (χ1n) is 9.97. The number of aromatic nitrogens is 2. The molecule has 0 saturated carbocycles. The van der Waals surface area contributed by atoms with E-state index in [1.807, 2.05) is 0 Å². The maximum absolute atomic E-state index is 14.7. The number of hydrogen-bond donors (Lipinski definition) is 1. The minimum atomic E-state index is -1.24. The maximum Gasteiger partial charge on any atom is 0.272 e. The first kappa shape index (κ1) is 19.6. The van der Waals surface area contributed by atoms with Crippen molar-refractivity contribution < 1.29 is 14.0 Å². The number of carbonyl (C=O) groups is 2. The zero-order valence-corrected chi connectivity index (χ0v) is 17.1. The predicted octanol–water partition coefficient (Wildman–Crippen LogP) is 3.04. The summed E-state index contributed by atoms with van der Waals surface area (Å²) in [5.74, 6) is -1.40. The molecule has 1 N–H and O–H groups in total. The first-order chi connectivity index (χ1) is 15.5. The molecule has 0 radical (unpaired) electrons. The number of fused-ring (bicyclic) bond motifs is 2. The number of para-hydroxylation sites is 1. The number of pyridine rings is 1. The monoisotopic (exact) mass is 427 g/mol. The number of benzodiazepines with no additional fused rings is 1. The molecule has 1 aliphatic heterocycles. The Kier molecular flexibility index (Phi) is 4.74. The van der Waals surface area contributed by atoms with Crippen LogP contribution in [-0.2, 0) is 4.79 Å². The largest absolute Gasteiger partial charge is 0.322 e. The molecule has 2 amide bonds. The van der Waals surface area contributed by atoms with Crippen LogP contribution in [0.5, 0.6) is 0 Å². The fourth-order valence-corrected chi connectivity index (χ4v) is 3.80. The number of rotatable bonds is 3. The van der Waals surface area contributed by atoms with E-state index in [2.05, 4.69) is 15.4 Å². The predicted molar refractivity (Wildman–Crippen MR) is 118 cm³/mol. The van der Waals surface area contributed by atoms with E-state index in [9.17, 15) is 14.0 Å². The minimum Gasteiger partial charge on any atom is -0.322 e. The highest BCUT2D eigenvalue weighted by Gasteiger charge is 2.32. The molecular weight excluding hydrogens is 409 g/mol. The summed E-state index contributed by atoms with van der Waals surface area (Å²) in [7, 11) is 1.61. The Morgan fingerprint density at radius 1 is 1.00 bits per heavy atom. The molecule has 0 bridgehead atoms. The number of anilines is 1. The number of aliphatic imine (C=N–C) groups is 1. The van der Waals surface area contributed by atoms with Crippen LogP contribution in [0.25, 0.3) is 5.52 Å². The van der Waals surface area contributed by atoms with E-state index < -0.39 is 23.8 Å². The van der Waals surface area contributed by atoms with Crippen molar-refractivity contribution in [3.63, 3.8) is 0 Å². The topological polar surface area (TPSA) is 79.1 Å². The molecule has 1 aliphatic rings. The smallest absolute Gasteiger partial charge is 0.272 e. The average Bonchev–Trinajstić information content (AvgIpc) is 3.22. The molecule has 158 valence electrons. The zero-order chi connectivity index (χ0) is 22.2. The quantitative estimate of drug-likeness (QED) is 0.546. The summed E-state index contributed by atoms with van der Waals surface area (Å²) < 4.78 is 16.3. The van der Waals surface area contributed by atoms with Crippen LogP contribution >= 0.6 is 0 Å². The number of halogens is 1. The summed E-state index contributed by atoms with van der Waals surface area (Å²) in [4.78, 5) is 32.2. The molecule has 4 aromatic rings. The van der Waals surface area contributed by atoms with Gasteiger partial charge in [-0.1, -0.05) is 36.4 Å². The Morgan fingerprint density at radius 2 is 1.72 bits per heavy atom. The molecule has 0 aliphatic carbocycles. The highest BCUT2D eigenvalue weighted by atomic mass is 19.1. The van der Waals surface area contributed by atoms with Crippen molar-refractivity contribution in [3.05, 3.63) is 102 Å². The van der Waals surface area contributed by atoms with Crippen molar-refractivity contribution in [2.24, 2.45) is 4.99 Å². The molecule has 5 rings (SSSR count). The van der Waals surface area contributed by atoms with Gasteiger partial charge in [0.05, 0.1) is 28.7 Å². The molecule has 0 spiro atoms. The van der Waals surface area contributed by atoms with Crippen LogP contribution in [0.15, 0.2) is 84.1 Å². The molecular formula is C24H18FN5O2. The van der Waals surface area contributed by atoms with E-state index in [4.69, 9.17) is 0 Å². The van der Waals surface area contributed by atoms with Crippen LogP contribution in [0.2, 0.25) is 0 Å². The zero-order valence-electron chi connectivity index (χ0n) is 17.1. The Morgan fingerprint density at radius 3 is 2.53 bits per heavy atom. The van der Waals surface area contributed by atoms with Crippen LogP contribution in [0.1, 0.15) is 21.5 Å². The van der Waals surface area contributed by atoms with Crippen molar-refractivity contribution in [1.29, 1.82) is 0 Å². The van der Waals surface area contributed by atoms with Crippen molar-refractivity contribution >= 4 is 28.7 Å². The summed E-state index contributed by atoms with van der Waals surface area (Å²) in [5.41, 5.74) is 2.62. The molecule has 1 atom stereocenters. The summed E-state index contributed by atoms with van der Waals surface area (Å²) in [6, 6.07) is 18.7. The van der Waals surface area contributed by atoms with Gasteiger partial charge in [0.25, 0.3) is 11.8 Å². The number of likely N-dealkylation sites (N-methyl/N-ethyl adjacent to an activating group) is 1. The molecule has 2 aromatic carbocycles. The van der Waals surface area contributed by atoms with Crippen LogP contribution < -0.4 is 10.2 Å². The summed E-state index contributed by atoms with van der Waals surface area (Å²) >= 11 is 0. The molecule has 8 heteroatoms. The van der Waals surface area contributed by atoms with Gasteiger partial charge in [0.15, 0.2) is 0 Å². The fraction of sp³-hybridized carbons (Fsp3) is 0.0833. The number of benzene rings is 2. The van der Waals surface area contributed by atoms with Crippen molar-refractivity contribution in [3.8, 4) is 0 Å². The van der Waals surface area contributed by atoms with Gasteiger partial charge in [-0.2, -0.15) is 5.10 Å². The van der Waals surface area contributed by atoms with Gasteiger partial charge in [0.1, 0.15) is 5.82 Å². The lowest BCUT2D eigenvalue weighted by Crippen LogP contribution is -2.46. The van der Waals surface area contributed by atoms with Crippen molar-refractivity contribution in [2.45, 2.75) is 6.17 Å². The molecule has 0 fully saturated rings. The van der Waals surface area contributed by atoms with Crippen LogP contribution in [-0.4, -0.2) is 40.4 Å². The molecule has 32 heavy (non-hydrogen) atoms. The van der Waals surface area contributed by atoms with E-state index in [1.165, 1.54) is 17.2 Å². The van der Waals surface area contributed by atoms with E-state index in [1.54, 1.807) is 78.4 Å². The summed E-state index contributed by atoms with van der Waals surface area (Å²) in [6.45, 7) is 0. The average molecular weight is 427 g/mol. The van der Waals surface area contributed by atoms with E-state index in [-0.39, 0.29) is 5.56 Å². The number of nitrogens with one attached hydrogen (secondary N) is 1. The minimum absolute atomic E-state index is 0.248. The Bertz CT molecular complexity index is 1390. The lowest BCUT2D eigenvalue weighted by Gasteiger charge is -2.20. The highest BCUT2D eigenvalue weighted by Crippen LogP contribution is 2.28. The van der Waals surface area contributed by atoms with Crippen molar-refractivity contribution in [2.75, 3.05) is 11.9 Å². The SMILES string of the molecule is CN1C(=O)C(NC(=O)c2cnn3ccccc23)N=C(c2ccccc2F)c2ccccc21. The second-order valence-corrected chi connectivity index (χ2v) is 7.34. The fourth-order valence-electron chi connectivity index (χ4n) is 3.80. The van der Waals surface area contributed by atoms with Crippen LogP contribution in [0.3, 0.4) is 0 Å². The second kappa shape index (κ2) is 7.73. The Balaban J connectivity index is 1.60. The Hall–Kier alpha value is -4.33. The molecule has 1 unspecified atom stereocenters. The lowest BCUT2D eigenvalue weighted by molar-refractivity contribution is -0.119. The normalized spacial score (nSPS) is 15.8. The van der Waals surface area contributed by atoms with E-state index in [0.717, 1.165) is 0 Å². The first-order valence-corrected chi connectivity index (χ1v) is 9.97. The van der Waals surface area contributed by atoms with Gasteiger partial charge in [-0.25, -0.2) is 13.9 Å². The van der Waals surface area contributed by atoms with E-state index in [0.29, 0.717) is 28.0 Å². The second-order valence-electron chi connectivity index (χ2n) is 7.34. The van der Waals surface area contributed by atoms with Crippen LogP contribution in [0.4, 0.5) is 10.1 Å². The summed E-state index contributed by atoms with van der Waals surface area (Å²) in [6.07, 6.45) is 1.92. The van der Waals surface area contributed by atoms with Crippen LogP contribution in [0, 0.1) is 5.82 Å². The third-order valence-electron chi connectivity index (χ3n) is 5.41. The van der Waals surface area contributed by atoms with Crippen molar-refractivity contribution in [1.82, 2.24) is 14.9 Å². The van der Waals surface area contributed by atoms with Gasteiger partial charge >= 0.3 is 0 Å². The number of hydrogen-bond acceptors (Lipinski definition) is 4. The van der Waals surface area contributed by atoms with Gasteiger partial charge in [-0.3, -0.25) is 9.59 Å². The number of nitrogens with zero attached hydrogens (tertiary/aromatic N) is 4. The third kappa shape index (κ3) is 3.22. The molecule has 7 nitrogen and oxygen atoms in total. The number of amides is 2. The van der Waals surface area contributed by atoms with Gasteiger partial charge in [-0.05, 0) is 30.3 Å². The maximum atomic E-state index is 14.7. The standard InChI is InChI=1S/C24H18FN5O2/c1-29-19-11-5-3-9-16(19)21(15-8-2-4-10-18(15)25)27-22(24(29)32)28-23(31)17-14-26-30-13-7-6-12-20(17)30/h2-14,22H,1H3,(H,28,31). The van der Waals surface area contributed by atoms with Gasteiger partial charge < -0.3 is 10.2 Å². The van der Waals surface area contributed by atoms with Gasteiger partial charge in [0, 0.05) is 24.4 Å². The lowest BCUT2D eigenvalue weighted by atomic mass is 10.00. The van der Waals surface area contributed by atoms with Gasteiger partial charge in [0.2, 0.25) is 6.17 Å². The molecule has 3 heterocycles. The molecule has 0 saturated heterocycles. The molecule has 2 aromatic heterocycles. The van der Waals surface area contributed by atoms with Gasteiger partial charge in [-0.15, -0.1) is 0 Å². The Labute approximate surface area is 182 Å². The highest BCUT2D eigenvalue weighted by molar-refractivity contribution is 6.20. The third-order valence-corrected chi connectivity index (χ3v) is 5.41. The summed E-state index contributed by atoms with van der Waals surface area (Å²) in [5, 5.41) is 6.86. The van der Waals surface area contributed by atoms with E-state index >= 15 is 0 Å². The number of carbonyl (C=O) groups excluding carboxylic acids is 2.